The molecule has 0 atom stereocenters. The monoisotopic (exact) mass is 248 g/mol. The molecule has 0 saturated carbocycles. The number of ether oxygens (including phenoxy) is 1. The fourth-order valence-corrected chi connectivity index (χ4v) is 2.20. The van der Waals surface area contributed by atoms with Crippen LogP contribution in [0.2, 0.25) is 5.22 Å². The van der Waals surface area contributed by atoms with Crippen molar-refractivity contribution in [1.29, 1.82) is 0 Å². The molecule has 0 bridgehead atoms. The van der Waals surface area contributed by atoms with Gasteiger partial charge in [0.2, 0.25) is 11.0 Å². The number of ketones is 1. The lowest BCUT2D eigenvalue weighted by Gasteiger charge is -2.05. The number of carbonyl (C=O) groups is 1. The zero-order chi connectivity index (χ0) is 11.8. The fraction of sp³-hybridized carbons (Fsp3) is 0.154. The van der Waals surface area contributed by atoms with E-state index in [9.17, 15) is 4.79 Å². The number of furan rings is 1. The van der Waals surface area contributed by atoms with E-state index in [0.717, 1.165) is 12.0 Å². The van der Waals surface area contributed by atoms with Gasteiger partial charge < -0.3 is 9.15 Å². The molecule has 2 heterocycles. The molecule has 0 spiro atoms. The summed E-state index contributed by atoms with van der Waals surface area (Å²) in [5, 5.41) is 0.116. The Balaban J connectivity index is 2.09. The highest BCUT2D eigenvalue weighted by Crippen LogP contribution is 2.32. The number of carbonyl (C=O) groups excluding carboxylic acids is 1. The van der Waals surface area contributed by atoms with Gasteiger partial charge in [-0.05, 0) is 29.3 Å². The van der Waals surface area contributed by atoms with Crippen LogP contribution in [0.15, 0.2) is 34.9 Å². The quantitative estimate of drug-likeness (QED) is 0.767. The van der Waals surface area contributed by atoms with E-state index in [1.807, 2.05) is 12.1 Å². The number of hydrogen-bond donors (Lipinski definition) is 0. The summed E-state index contributed by atoms with van der Waals surface area (Å²) >= 11 is 5.81. The molecule has 86 valence electrons. The third kappa shape index (κ3) is 1.63. The maximum Gasteiger partial charge on any atom is 0.204 e. The maximum atomic E-state index is 12.3. The fourth-order valence-electron chi connectivity index (χ4n) is 1.99. The minimum Gasteiger partial charge on any atom is -0.492 e. The van der Waals surface area contributed by atoms with Crippen molar-refractivity contribution in [3.63, 3.8) is 0 Å². The van der Waals surface area contributed by atoms with Gasteiger partial charge in [0, 0.05) is 6.42 Å². The SMILES string of the molecule is O=C(c1ccoc1Cl)c1cccc2c1OCC2. The first-order valence-corrected chi connectivity index (χ1v) is 5.67. The van der Waals surface area contributed by atoms with Crippen molar-refractivity contribution in [3.05, 3.63) is 52.4 Å². The number of rotatable bonds is 2. The van der Waals surface area contributed by atoms with Crippen molar-refractivity contribution in [3.8, 4) is 5.75 Å². The van der Waals surface area contributed by atoms with Gasteiger partial charge in [-0.3, -0.25) is 4.79 Å². The number of benzene rings is 1. The lowest BCUT2D eigenvalue weighted by Crippen LogP contribution is -2.03. The molecule has 0 unspecified atom stereocenters. The Morgan fingerprint density at radius 3 is 2.88 bits per heavy atom. The van der Waals surface area contributed by atoms with Gasteiger partial charge in [-0.15, -0.1) is 0 Å². The highest BCUT2D eigenvalue weighted by Gasteiger charge is 2.23. The predicted octanol–water partition coefficient (Wildman–Crippen LogP) is 3.10. The molecule has 0 amide bonds. The molecule has 1 aromatic heterocycles. The molecule has 1 aliphatic rings. The Kier molecular flexibility index (Phi) is 2.41. The number of para-hydroxylation sites is 1. The van der Waals surface area contributed by atoms with Crippen LogP contribution in [-0.2, 0) is 6.42 Å². The molecule has 4 heteroatoms. The maximum absolute atomic E-state index is 12.3. The van der Waals surface area contributed by atoms with Gasteiger partial charge in [0.15, 0.2) is 0 Å². The third-order valence-electron chi connectivity index (χ3n) is 2.82. The first-order valence-electron chi connectivity index (χ1n) is 5.30. The molecule has 17 heavy (non-hydrogen) atoms. The van der Waals surface area contributed by atoms with Crippen molar-refractivity contribution in [2.75, 3.05) is 6.61 Å². The normalized spacial score (nSPS) is 13.2. The van der Waals surface area contributed by atoms with Crippen LogP contribution < -0.4 is 4.74 Å². The van der Waals surface area contributed by atoms with Crippen LogP contribution in [0.5, 0.6) is 5.75 Å². The predicted molar refractivity (Wildman–Crippen MR) is 62.8 cm³/mol. The highest BCUT2D eigenvalue weighted by molar-refractivity contribution is 6.33. The molecule has 0 radical (unpaired) electrons. The van der Waals surface area contributed by atoms with Crippen LogP contribution in [0.25, 0.3) is 0 Å². The van der Waals surface area contributed by atoms with Crippen molar-refractivity contribution < 1.29 is 13.9 Å². The minimum atomic E-state index is -0.164. The highest BCUT2D eigenvalue weighted by atomic mass is 35.5. The van der Waals surface area contributed by atoms with Crippen molar-refractivity contribution >= 4 is 17.4 Å². The molecule has 0 saturated heterocycles. The Labute approximate surface area is 103 Å². The summed E-state index contributed by atoms with van der Waals surface area (Å²) in [5.41, 5.74) is 1.98. The van der Waals surface area contributed by atoms with Crippen LogP contribution in [0.4, 0.5) is 0 Å². The van der Waals surface area contributed by atoms with Crippen molar-refractivity contribution in [2.45, 2.75) is 6.42 Å². The smallest absolute Gasteiger partial charge is 0.204 e. The summed E-state index contributed by atoms with van der Waals surface area (Å²) in [5.74, 6) is 0.511. The second-order valence-electron chi connectivity index (χ2n) is 3.83. The van der Waals surface area contributed by atoms with Gasteiger partial charge in [-0.25, -0.2) is 0 Å². The van der Waals surface area contributed by atoms with Crippen molar-refractivity contribution in [1.82, 2.24) is 0 Å². The first-order chi connectivity index (χ1) is 8.27. The lowest BCUT2D eigenvalue weighted by molar-refractivity contribution is 0.103. The number of hydrogen-bond acceptors (Lipinski definition) is 3. The van der Waals surface area contributed by atoms with Crippen LogP contribution in [-0.4, -0.2) is 12.4 Å². The number of halogens is 1. The van der Waals surface area contributed by atoms with Gasteiger partial charge in [-0.1, -0.05) is 12.1 Å². The first kappa shape index (κ1) is 10.4. The van der Waals surface area contributed by atoms with E-state index >= 15 is 0 Å². The van der Waals surface area contributed by atoms with Gasteiger partial charge in [0.25, 0.3) is 0 Å². The van der Waals surface area contributed by atoms with Crippen molar-refractivity contribution in [2.24, 2.45) is 0 Å². The average Bonchev–Trinajstić information content (AvgIpc) is 2.95. The van der Waals surface area contributed by atoms with Gasteiger partial charge >= 0.3 is 0 Å². The lowest BCUT2D eigenvalue weighted by atomic mass is 10.0. The van der Waals surface area contributed by atoms with E-state index in [1.165, 1.54) is 6.26 Å². The zero-order valence-corrected chi connectivity index (χ0v) is 9.66. The summed E-state index contributed by atoms with van der Waals surface area (Å²) in [6.07, 6.45) is 2.25. The van der Waals surface area contributed by atoms with Gasteiger partial charge in [0.1, 0.15) is 5.75 Å². The largest absolute Gasteiger partial charge is 0.492 e. The Morgan fingerprint density at radius 2 is 2.12 bits per heavy atom. The van der Waals surface area contributed by atoms with Crippen LogP contribution in [0.3, 0.4) is 0 Å². The summed E-state index contributed by atoms with van der Waals surface area (Å²) in [4.78, 5) is 12.3. The molecular formula is C13H9ClO3. The molecular weight excluding hydrogens is 240 g/mol. The van der Waals surface area contributed by atoms with Crippen LogP contribution >= 0.6 is 11.6 Å². The molecule has 0 aliphatic carbocycles. The second-order valence-corrected chi connectivity index (χ2v) is 4.17. The van der Waals surface area contributed by atoms with Crippen LogP contribution in [0.1, 0.15) is 21.5 Å². The molecule has 3 nitrogen and oxygen atoms in total. The molecule has 2 aromatic rings. The van der Waals surface area contributed by atoms with E-state index in [2.05, 4.69) is 0 Å². The summed E-state index contributed by atoms with van der Waals surface area (Å²) in [7, 11) is 0. The van der Waals surface area contributed by atoms with Crippen LogP contribution in [0, 0.1) is 0 Å². The standard InChI is InChI=1S/C13H9ClO3/c14-13-10(5-7-17-13)11(15)9-3-1-2-8-4-6-16-12(8)9/h1-3,5,7H,4,6H2. The summed E-state index contributed by atoms with van der Waals surface area (Å²) < 4.78 is 10.4. The Bertz CT molecular complexity index is 586. The van der Waals surface area contributed by atoms with E-state index in [0.29, 0.717) is 23.5 Å². The third-order valence-corrected chi connectivity index (χ3v) is 3.11. The summed E-state index contributed by atoms with van der Waals surface area (Å²) in [6, 6.07) is 7.14. The number of fused-ring (bicyclic) bond motifs is 1. The van der Waals surface area contributed by atoms with E-state index in [-0.39, 0.29) is 11.0 Å². The average molecular weight is 249 g/mol. The van der Waals surface area contributed by atoms with Gasteiger partial charge in [0.05, 0.1) is 24.0 Å². The van der Waals surface area contributed by atoms with E-state index < -0.39 is 0 Å². The topological polar surface area (TPSA) is 39.4 Å². The zero-order valence-electron chi connectivity index (χ0n) is 8.90. The second kappa shape index (κ2) is 3.93. The molecule has 1 aromatic carbocycles. The summed E-state index contributed by atoms with van der Waals surface area (Å²) in [6.45, 7) is 0.624. The Hall–Kier alpha value is -1.74. The molecule has 0 N–H and O–H groups in total. The minimum absolute atomic E-state index is 0.116. The Morgan fingerprint density at radius 1 is 1.24 bits per heavy atom. The van der Waals surface area contributed by atoms with Gasteiger partial charge in [-0.2, -0.15) is 0 Å². The molecule has 1 aliphatic heterocycles. The van der Waals surface area contributed by atoms with E-state index in [1.54, 1.807) is 12.1 Å². The molecule has 3 rings (SSSR count). The van der Waals surface area contributed by atoms with E-state index in [4.69, 9.17) is 20.8 Å². The molecule has 0 fully saturated rings.